The molecule has 1 aliphatic carbocycles. The van der Waals surface area contributed by atoms with Crippen LogP contribution in [-0.2, 0) is 19.4 Å². The maximum Gasteiger partial charge on any atom is 0.274 e. The van der Waals surface area contributed by atoms with E-state index in [1.54, 1.807) is 12.3 Å². The average molecular weight is 302 g/mol. The highest BCUT2D eigenvalue weighted by molar-refractivity contribution is 5.93. The first-order valence-electron chi connectivity index (χ1n) is 7.73. The second kappa shape index (κ2) is 5.63. The third-order valence-electron chi connectivity index (χ3n) is 4.48. The van der Waals surface area contributed by atoms with Gasteiger partial charge in [-0.3, -0.25) is 4.79 Å². The summed E-state index contributed by atoms with van der Waals surface area (Å²) in [5.74, 6) is 1.92. The molecule has 0 spiro atoms. The Balaban J connectivity index is 1.73. The Kier molecular flexibility index (Phi) is 3.81. The normalized spacial score (nSPS) is 18.0. The monoisotopic (exact) mass is 302 g/mol. The first-order chi connectivity index (χ1) is 10.4. The van der Waals surface area contributed by atoms with Gasteiger partial charge in [-0.15, -0.1) is 0 Å². The van der Waals surface area contributed by atoms with E-state index in [0.29, 0.717) is 18.2 Å². The molecule has 0 fully saturated rings. The molecule has 1 N–H and O–H groups in total. The van der Waals surface area contributed by atoms with Crippen LogP contribution in [0.4, 0.5) is 0 Å². The van der Waals surface area contributed by atoms with E-state index in [9.17, 15) is 4.79 Å². The van der Waals surface area contributed by atoms with Crippen LogP contribution in [0.1, 0.15) is 54.8 Å². The number of furan rings is 1. The van der Waals surface area contributed by atoms with Gasteiger partial charge >= 0.3 is 0 Å². The number of aryl methyl sites for hydroxylation is 1. The topological polar surface area (TPSA) is 68.3 Å². The van der Waals surface area contributed by atoms with Gasteiger partial charge in [0.05, 0.1) is 12.8 Å². The van der Waals surface area contributed by atoms with Crippen LogP contribution >= 0.6 is 0 Å². The lowest BCUT2D eigenvalue weighted by atomic mass is 9.71. The highest BCUT2D eigenvalue weighted by Gasteiger charge is 2.34. The molecular weight excluding hydrogens is 280 g/mol. The molecule has 0 bridgehead atoms. The third kappa shape index (κ3) is 2.93. The second-order valence-electron chi connectivity index (χ2n) is 7.00. The van der Waals surface area contributed by atoms with E-state index in [-0.39, 0.29) is 11.3 Å². The van der Waals surface area contributed by atoms with E-state index in [4.69, 9.17) is 8.94 Å². The summed E-state index contributed by atoms with van der Waals surface area (Å²) in [6.07, 6.45) is 4.38. The molecule has 2 aromatic rings. The number of hydrogen-bond donors (Lipinski definition) is 1. The molecule has 5 heteroatoms. The number of nitrogens with one attached hydrogen (secondary N) is 1. The van der Waals surface area contributed by atoms with Gasteiger partial charge in [0.2, 0.25) is 0 Å². The minimum Gasteiger partial charge on any atom is -0.467 e. The van der Waals surface area contributed by atoms with Gasteiger partial charge in [0, 0.05) is 12.0 Å². The molecule has 0 saturated carbocycles. The highest BCUT2D eigenvalue weighted by atomic mass is 16.5. The van der Waals surface area contributed by atoms with Gasteiger partial charge in [0.25, 0.3) is 5.91 Å². The maximum atomic E-state index is 12.4. The van der Waals surface area contributed by atoms with E-state index < -0.39 is 0 Å². The molecule has 0 aliphatic heterocycles. The van der Waals surface area contributed by atoms with Crippen molar-refractivity contribution in [1.82, 2.24) is 10.5 Å². The summed E-state index contributed by atoms with van der Waals surface area (Å²) < 4.78 is 10.6. The molecule has 0 saturated heterocycles. The lowest BCUT2D eigenvalue weighted by molar-refractivity contribution is 0.0937. The van der Waals surface area contributed by atoms with Gasteiger partial charge in [-0.05, 0) is 36.3 Å². The molecule has 1 aliphatic rings. The summed E-state index contributed by atoms with van der Waals surface area (Å²) in [7, 11) is 0. The molecule has 1 atom stereocenters. The summed E-state index contributed by atoms with van der Waals surface area (Å²) >= 11 is 0. The fourth-order valence-electron chi connectivity index (χ4n) is 2.99. The van der Waals surface area contributed by atoms with Crippen LogP contribution in [0.25, 0.3) is 0 Å². The number of carbonyl (C=O) groups is 1. The Labute approximate surface area is 130 Å². The summed E-state index contributed by atoms with van der Waals surface area (Å²) in [4.78, 5) is 12.4. The Bertz CT molecular complexity index is 650. The molecular formula is C17H22N2O3. The van der Waals surface area contributed by atoms with Crippen molar-refractivity contribution in [3.8, 4) is 0 Å². The average Bonchev–Trinajstić information content (AvgIpc) is 3.12. The van der Waals surface area contributed by atoms with E-state index in [1.807, 2.05) is 6.07 Å². The van der Waals surface area contributed by atoms with E-state index in [2.05, 4.69) is 31.2 Å². The van der Waals surface area contributed by atoms with Gasteiger partial charge in [-0.2, -0.15) is 0 Å². The van der Waals surface area contributed by atoms with Crippen LogP contribution < -0.4 is 5.32 Å². The molecule has 0 radical (unpaired) electrons. The quantitative estimate of drug-likeness (QED) is 0.944. The van der Waals surface area contributed by atoms with Crippen molar-refractivity contribution in [2.24, 2.45) is 11.3 Å². The summed E-state index contributed by atoms with van der Waals surface area (Å²) in [6, 6.07) is 3.63. The highest BCUT2D eigenvalue weighted by Crippen LogP contribution is 2.38. The first-order valence-corrected chi connectivity index (χ1v) is 7.73. The van der Waals surface area contributed by atoms with E-state index >= 15 is 0 Å². The Hall–Kier alpha value is -2.04. The molecule has 5 nitrogen and oxygen atoms in total. The molecule has 2 aromatic heterocycles. The fourth-order valence-corrected chi connectivity index (χ4v) is 2.99. The van der Waals surface area contributed by atoms with Gasteiger partial charge in [0.15, 0.2) is 5.69 Å². The molecule has 1 amide bonds. The standard InChI is InChI=1S/C17H22N2O3/c1-17(2,3)11-6-7-14-13(9-11)15(19-22-14)16(20)18-10-12-5-4-8-21-12/h4-5,8,11H,6-7,9-10H2,1-3H3,(H,18,20)/t11-/m1/s1. The number of aromatic nitrogens is 1. The van der Waals surface area contributed by atoms with Crippen LogP contribution in [0.15, 0.2) is 27.3 Å². The van der Waals surface area contributed by atoms with E-state index in [1.165, 1.54) is 0 Å². The number of fused-ring (bicyclic) bond motifs is 1. The number of carbonyl (C=O) groups excluding carboxylic acids is 1. The number of hydrogen-bond acceptors (Lipinski definition) is 4. The summed E-state index contributed by atoms with van der Waals surface area (Å²) in [6.45, 7) is 7.09. The lowest BCUT2D eigenvalue weighted by Gasteiger charge is -2.33. The zero-order valence-electron chi connectivity index (χ0n) is 13.3. The number of rotatable bonds is 3. The van der Waals surface area contributed by atoms with Gasteiger partial charge < -0.3 is 14.3 Å². The van der Waals surface area contributed by atoms with Crippen LogP contribution in [0, 0.1) is 11.3 Å². The van der Waals surface area contributed by atoms with Gasteiger partial charge in [0.1, 0.15) is 11.5 Å². The zero-order chi connectivity index (χ0) is 15.7. The molecule has 0 aromatic carbocycles. The number of amides is 1. The van der Waals surface area contributed by atoms with Crippen molar-refractivity contribution in [2.75, 3.05) is 0 Å². The maximum absolute atomic E-state index is 12.4. The minimum atomic E-state index is -0.198. The zero-order valence-corrected chi connectivity index (χ0v) is 13.3. The minimum absolute atomic E-state index is 0.198. The number of nitrogens with zero attached hydrogens (tertiary/aromatic N) is 1. The summed E-state index contributed by atoms with van der Waals surface area (Å²) in [5, 5.41) is 6.83. The largest absolute Gasteiger partial charge is 0.467 e. The molecule has 118 valence electrons. The predicted molar refractivity (Wildman–Crippen MR) is 81.4 cm³/mol. The van der Waals surface area contributed by atoms with Gasteiger partial charge in [-0.1, -0.05) is 25.9 Å². The van der Waals surface area contributed by atoms with Gasteiger partial charge in [-0.25, -0.2) is 0 Å². The Morgan fingerprint density at radius 3 is 2.95 bits per heavy atom. The SMILES string of the molecule is CC(C)(C)[C@@H]1CCc2onc(C(=O)NCc3ccco3)c2C1. The molecule has 2 heterocycles. The van der Waals surface area contributed by atoms with Crippen LogP contribution in [0.3, 0.4) is 0 Å². The van der Waals surface area contributed by atoms with Crippen molar-refractivity contribution in [3.63, 3.8) is 0 Å². The fraction of sp³-hybridized carbons (Fsp3) is 0.529. The van der Waals surface area contributed by atoms with Crippen molar-refractivity contribution in [1.29, 1.82) is 0 Å². The van der Waals surface area contributed by atoms with Crippen molar-refractivity contribution in [2.45, 2.75) is 46.6 Å². The molecule has 22 heavy (non-hydrogen) atoms. The smallest absolute Gasteiger partial charge is 0.274 e. The Morgan fingerprint density at radius 1 is 1.45 bits per heavy atom. The molecule has 0 unspecified atom stereocenters. The van der Waals surface area contributed by atoms with Crippen molar-refractivity contribution >= 4 is 5.91 Å². The van der Waals surface area contributed by atoms with E-state index in [0.717, 1.165) is 36.3 Å². The summed E-state index contributed by atoms with van der Waals surface area (Å²) in [5.41, 5.74) is 1.62. The predicted octanol–water partition coefficient (Wildman–Crippen LogP) is 3.35. The van der Waals surface area contributed by atoms with Crippen LogP contribution in [0.5, 0.6) is 0 Å². The first kappa shape index (κ1) is 14.9. The van der Waals surface area contributed by atoms with Crippen molar-refractivity contribution in [3.05, 3.63) is 41.2 Å². The molecule has 3 rings (SSSR count). The second-order valence-corrected chi connectivity index (χ2v) is 7.00. The lowest BCUT2D eigenvalue weighted by Crippen LogP contribution is -2.29. The Morgan fingerprint density at radius 2 is 2.27 bits per heavy atom. The van der Waals surface area contributed by atoms with Crippen LogP contribution in [-0.4, -0.2) is 11.1 Å². The van der Waals surface area contributed by atoms with Crippen LogP contribution in [0.2, 0.25) is 0 Å². The third-order valence-corrected chi connectivity index (χ3v) is 4.48. The van der Waals surface area contributed by atoms with Crippen molar-refractivity contribution < 1.29 is 13.7 Å².